The average molecular weight is 408 g/mol. The predicted molar refractivity (Wildman–Crippen MR) is 108 cm³/mol. The number of ether oxygens (including phenoxy) is 2. The lowest BCUT2D eigenvalue weighted by molar-refractivity contribution is -0.0922. The Morgan fingerprint density at radius 1 is 1.39 bits per heavy atom. The summed E-state index contributed by atoms with van der Waals surface area (Å²) in [7, 11) is 0. The van der Waals surface area contributed by atoms with Gasteiger partial charge in [-0.1, -0.05) is 11.6 Å². The van der Waals surface area contributed by atoms with E-state index in [1.165, 1.54) is 0 Å². The van der Waals surface area contributed by atoms with Crippen LogP contribution in [0.2, 0.25) is 5.02 Å². The fraction of sp³-hybridized carbons (Fsp3) is 0.611. The van der Waals surface area contributed by atoms with Gasteiger partial charge in [0.2, 0.25) is 11.8 Å². The van der Waals surface area contributed by atoms with Gasteiger partial charge in [-0.25, -0.2) is 4.98 Å². The molecule has 2 fully saturated rings. The monoisotopic (exact) mass is 407 g/mol. The van der Waals surface area contributed by atoms with Crippen LogP contribution >= 0.6 is 11.6 Å². The van der Waals surface area contributed by atoms with Gasteiger partial charge in [0.1, 0.15) is 10.7 Å². The molecule has 1 aromatic rings. The topological polar surface area (TPSA) is 107 Å². The number of hydrogen-bond acceptors (Lipinski definition) is 9. The molecule has 28 heavy (non-hydrogen) atoms. The average Bonchev–Trinajstić information content (AvgIpc) is 2.59. The lowest BCUT2D eigenvalue weighted by atomic mass is 10.0. The molecule has 0 unspecified atom stereocenters. The number of likely N-dealkylation sites (tertiary alicyclic amines) is 1. The summed E-state index contributed by atoms with van der Waals surface area (Å²) in [4.78, 5) is 11.1. The molecule has 0 radical (unpaired) electrons. The first-order valence-electron chi connectivity index (χ1n) is 9.56. The van der Waals surface area contributed by atoms with Gasteiger partial charge < -0.3 is 25.4 Å². The Labute approximate surface area is 169 Å². The molecule has 0 saturated carbocycles. The van der Waals surface area contributed by atoms with Crippen molar-refractivity contribution in [1.82, 2.24) is 20.2 Å². The highest BCUT2D eigenvalue weighted by Gasteiger charge is 2.36. The Morgan fingerprint density at radius 3 is 2.89 bits per heavy atom. The molecular weight excluding hydrogens is 382 g/mol. The molecule has 9 nitrogen and oxygen atoms in total. The molecule has 3 aliphatic rings. The van der Waals surface area contributed by atoms with Crippen molar-refractivity contribution in [2.75, 3.05) is 43.5 Å². The summed E-state index contributed by atoms with van der Waals surface area (Å²) < 4.78 is 10.9. The maximum atomic E-state index is 8.38. The summed E-state index contributed by atoms with van der Waals surface area (Å²) in [5.41, 5.74) is 1.37. The van der Waals surface area contributed by atoms with E-state index in [9.17, 15) is 0 Å². The van der Waals surface area contributed by atoms with Gasteiger partial charge in [-0.2, -0.15) is 4.98 Å². The molecule has 10 heteroatoms. The minimum absolute atomic E-state index is 0.0720. The van der Waals surface area contributed by atoms with E-state index in [0.29, 0.717) is 41.2 Å². The van der Waals surface area contributed by atoms with E-state index in [4.69, 9.17) is 26.5 Å². The normalized spacial score (nSPS) is 26.0. The third kappa shape index (κ3) is 4.16. The number of anilines is 2. The zero-order valence-electron chi connectivity index (χ0n) is 16.1. The highest BCUT2D eigenvalue weighted by molar-refractivity contribution is 6.32. The van der Waals surface area contributed by atoms with Crippen LogP contribution < -0.4 is 16.0 Å². The van der Waals surface area contributed by atoms with Gasteiger partial charge in [0.25, 0.3) is 0 Å². The van der Waals surface area contributed by atoms with Crippen LogP contribution in [0.4, 0.5) is 11.8 Å². The molecule has 2 bridgehead atoms. The van der Waals surface area contributed by atoms with Gasteiger partial charge in [-0.05, 0) is 13.8 Å². The Hall–Kier alpha value is -2.10. The molecule has 1 atom stereocenters. The second-order valence-electron chi connectivity index (χ2n) is 7.51. The van der Waals surface area contributed by atoms with Crippen LogP contribution in [0, 0.1) is 5.41 Å². The first kappa shape index (κ1) is 19.2. The zero-order chi connectivity index (χ0) is 19.7. The van der Waals surface area contributed by atoms with Gasteiger partial charge in [-0.3, -0.25) is 10.3 Å². The number of hydrogen-bond donors (Lipinski definition) is 4. The van der Waals surface area contributed by atoms with Crippen LogP contribution in [0.5, 0.6) is 0 Å². The molecule has 2 saturated heterocycles. The van der Waals surface area contributed by atoms with Crippen LogP contribution in [-0.4, -0.2) is 71.8 Å². The van der Waals surface area contributed by atoms with Crippen molar-refractivity contribution in [3.05, 3.63) is 22.6 Å². The van der Waals surface area contributed by atoms with Crippen LogP contribution in [0.15, 0.2) is 17.6 Å². The minimum Gasteiger partial charge on any atom is -0.476 e. The number of halogens is 1. The Morgan fingerprint density at radius 2 is 2.18 bits per heavy atom. The van der Waals surface area contributed by atoms with Gasteiger partial charge >= 0.3 is 0 Å². The Bertz CT molecular complexity index is 777. The summed E-state index contributed by atoms with van der Waals surface area (Å²) in [5.74, 6) is 1.01. The zero-order valence-corrected chi connectivity index (χ0v) is 16.8. The Kier molecular flexibility index (Phi) is 5.56. The number of fused-ring (bicyclic) bond motifs is 2. The molecule has 4 heterocycles. The number of rotatable bonds is 3. The molecule has 4 rings (SSSR count). The van der Waals surface area contributed by atoms with E-state index >= 15 is 0 Å². The van der Waals surface area contributed by atoms with Gasteiger partial charge in [0.15, 0.2) is 5.82 Å². The maximum Gasteiger partial charge on any atom is 0.232 e. The van der Waals surface area contributed by atoms with Crippen molar-refractivity contribution in [1.29, 1.82) is 5.41 Å². The molecule has 0 amide bonds. The first-order chi connectivity index (χ1) is 13.5. The van der Waals surface area contributed by atoms with Crippen molar-refractivity contribution in [3.8, 4) is 0 Å². The number of allylic oxidation sites excluding steroid dienone is 1. The molecule has 1 aromatic heterocycles. The number of nitrogens with zero attached hydrogens (tertiary/aromatic N) is 3. The van der Waals surface area contributed by atoms with Crippen LogP contribution in [0.25, 0.3) is 0 Å². The molecule has 0 aliphatic carbocycles. The lowest BCUT2D eigenvalue weighted by Gasteiger charge is -2.48. The fourth-order valence-electron chi connectivity index (χ4n) is 3.39. The molecule has 3 aliphatic heterocycles. The summed E-state index contributed by atoms with van der Waals surface area (Å²) in [5, 5.41) is 18.7. The van der Waals surface area contributed by atoms with Gasteiger partial charge in [-0.15, -0.1) is 0 Å². The molecule has 4 N–H and O–H groups in total. The molecular formula is C18H26ClN7O2. The maximum absolute atomic E-state index is 8.38. The first-order valence-corrected chi connectivity index (χ1v) is 9.94. The van der Waals surface area contributed by atoms with Crippen LogP contribution in [-0.2, 0) is 9.47 Å². The number of aromatic nitrogens is 2. The largest absolute Gasteiger partial charge is 0.476 e. The van der Waals surface area contributed by atoms with Crippen molar-refractivity contribution >= 4 is 29.3 Å². The van der Waals surface area contributed by atoms with E-state index in [0.717, 1.165) is 38.4 Å². The second-order valence-corrected chi connectivity index (χ2v) is 7.92. The van der Waals surface area contributed by atoms with Gasteiger partial charge in [0.05, 0.1) is 38.1 Å². The van der Waals surface area contributed by atoms with E-state index in [2.05, 4.69) is 30.8 Å². The second kappa shape index (κ2) is 8.10. The molecule has 0 aromatic carbocycles. The van der Waals surface area contributed by atoms with Gasteiger partial charge in [0, 0.05) is 31.2 Å². The van der Waals surface area contributed by atoms with Crippen molar-refractivity contribution in [3.63, 3.8) is 0 Å². The third-order valence-corrected chi connectivity index (χ3v) is 5.51. The summed E-state index contributed by atoms with van der Waals surface area (Å²) in [6, 6.07) is 0.997. The predicted octanol–water partition coefficient (Wildman–Crippen LogP) is 1.64. The third-order valence-electron chi connectivity index (χ3n) is 5.23. The van der Waals surface area contributed by atoms with E-state index in [1.54, 1.807) is 6.20 Å². The summed E-state index contributed by atoms with van der Waals surface area (Å²) in [6.07, 6.45) is 2.28. The van der Waals surface area contributed by atoms with Crippen molar-refractivity contribution in [2.45, 2.75) is 38.4 Å². The highest BCUT2D eigenvalue weighted by atomic mass is 35.5. The molecule has 152 valence electrons. The quantitative estimate of drug-likeness (QED) is 0.599. The number of nitrogens with one attached hydrogen (secondary N) is 4. The van der Waals surface area contributed by atoms with Crippen molar-refractivity contribution in [2.24, 2.45) is 0 Å². The fourth-order valence-corrected chi connectivity index (χ4v) is 3.54. The van der Waals surface area contributed by atoms with Crippen molar-refractivity contribution < 1.29 is 9.47 Å². The lowest BCUT2D eigenvalue weighted by Crippen LogP contribution is -2.65. The van der Waals surface area contributed by atoms with Crippen LogP contribution in [0.3, 0.4) is 0 Å². The minimum atomic E-state index is 0.0720. The van der Waals surface area contributed by atoms with E-state index in [-0.39, 0.29) is 11.9 Å². The standard InChI is InChI=1S/C18H26ClN7O2/c1-10-3-4-28-16(20)15(24-18-21-5-14(19)17(22-10)25-18)11(2)23-12-6-26(7-12)13-8-27-9-13/h5,10,12-13,20,23H,3-4,6-9H2,1-2H3,(H2,21,22,24,25)/b15-11+,20-16?/t10-/m1/s1. The molecule has 0 spiro atoms. The smallest absolute Gasteiger partial charge is 0.232 e. The highest BCUT2D eigenvalue weighted by Crippen LogP contribution is 2.23. The summed E-state index contributed by atoms with van der Waals surface area (Å²) >= 11 is 6.21. The van der Waals surface area contributed by atoms with Crippen LogP contribution in [0.1, 0.15) is 20.3 Å². The SMILES string of the molecule is C/C(NC1CN(C2COC2)C1)=C1\Nc2ncc(Cl)c(n2)N[C@H](C)CCOC1=N. The summed E-state index contributed by atoms with van der Waals surface area (Å²) in [6.45, 7) is 7.98. The Balaban J connectivity index is 1.50. The van der Waals surface area contributed by atoms with E-state index in [1.807, 2.05) is 13.8 Å². The van der Waals surface area contributed by atoms with E-state index < -0.39 is 0 Å².